The molecular formula is C18H22O9. The third-order valence-electron chi connectivity index (χ3n) is 3.17. The zero-order valence-corrected chi connectivity index (χ0v) is 14.8. The van der Waals surface area contributed by atoms with Crippen LogP contribution in [0, 0.1) is 0 Å². The molecule has 9 heteroatoms. The Morgan fingerprint density at radius 2 is 1.33 bits per heavy atom. The van der Waals surface area contributed by atoms with Crippen molar-refractivity contribution >= 4 is 17.9 Å². The summed E-state index contributed by atoms with van der Waals surface area (Å²) in [7, 11) is 0. The van der Waals surface area contributed by atoms with Gasteiger partial charge in [-0.1, -0.05) is 18.7 Å². The van der Waals surface area contributed by atoms with E-state index in [1.54, 1.807) is 0 Å². The number of carbonyl (C=O) groups is 3. The predicted octanol–water partition coefficient (Wildman–Crippen LogP) is 1.53. The summed E-state index contributed by atoms with van der Waals surface area (Å²) in [6.45, 7) is 7.86. The number of aromatic carboxylic acids is 2. The minimum absolute atomic E-state index is 0.176. The second kappa shape index (κ2) is 11.1. The third-order valence-corrected chi connectivity index (χ3v) is 3.17. The van der Waals surface area contributed by atoms with E-state index in [1.807, 2.05) is 0 Å². The third kappa shape index (κ3) is 10.1. The Hall–Kier alpha value is -2.75. The number of carboxylic acids is 3. The van der Waals surface area contributed by atoms with Crippen LogP contribution in [0.3, 0.4) is 0 Å². The van der Waals surface area contributed by atoms with Crippen LogP contribution in [0.4, 0.5) is 0 Å². The van der Waals surface area contributed by atoms with E-state index in [4.69, 9.17) is 29.5 Å². The molecule has 2 atom stereocenters. The minimum Gasteiger partial charge on any atom is -0.478 e. The van der Waals surface area contributed by atoms with E-state index in [0.717, 1.165) is 26.4 Å². The van der Waals surface area contributed by atoms with E-state index in [9.17, 15) is 14.4 Å². The van der Waals surface area contributed by atoms with Gasteiger partial charge in [-0.25, -0.2) is 14.4 Å². The highest BCUT2D eigenvalue weighted by Crippen LogP contribution is 2.12. The van der Waals surface area contributed by atoms with Crippen molar-refractivity contribution in [3.63, 3.8) is 0 Å². The molecule has 9 nitrogen and oxygen atoms in total. The molecule has 2 aliphatic heterocycles. The van der Waals surface area contributed by atoms with E-state index >= 15 is 0 Å². The lowest BCUT2D eigenvalue weighted by molar-refractivity contribution is -0.132. The summed E-state index contributed by atoms with van der Waals surface area (Å²) in [4.78, 5) is 30.5. The molecule has 0 amide bonds. The highest BCUT2D eigenvalue weighted by atomic mass is 16.6. The monoisotopic (exact) mass is 382 g/mol. The van der Waals surface area contributed by atoms with Crippen molar-refractivity contribution < 1.29 is 43.9 Å². The van der Waals surface area contributed by atoms with Crippen molar-refractivity contribution in [2.75, 3.05) is 26.4 Å². The molecule has 2 aliphatic rings. The van der Waals surface area contributed by atoms with E-state index in [2.05, 4.69) is 6.58 Å². The van der Waals surface area contributed by atoms with Gasteiger partial charge in [-0.15, -0.1) is 0 Å². The van der Waals surface area contributed by atoms with Gasteiger partial charge in [-0.3, -0.25) is 0 Å². The van der Waals surface area contributed by atoms with E-state index < -0.39 is 17.9 Å². The van der Waals surface area contributed by atoms with E-state index in [0.29, 0.717) is 12.2 Å². The Bertz CT molecular complexity index is 618. The van der Waals surface area contributed by atoms with Gasteiger partial charge in [-0.05, 0) is 19.1 Å². The average Bonchev–Trinajstić information content (AvgIpc) is 3.51. The summed E-state index contributed by atoms with van der Waals surface area (Å²) in [6.07, 6.45) is 0.785. The molecular weight excluding hydrogens is 360 g/mol. The van der Waals surface area contributed by atoms with Crippen molar-refractivity contribution in [1.29, 1.82) is 0 Å². The number of hydrogen-bond acceptors (Lipinski definition) is 6. The molecule has 0 bridgehead atoms. The molecule has 0 saturated carbocycles. The maximum Gasteiger partial charge on any atom is 0.336 e. The molecule has 1 aromatic rings. The van der Waals surface area contributed by atoms with Gasteiger partial charge in [0.15, 0.2) is 0 Å². The second-order valence-corrected chi connectivity index (χ2v) is 5.69. The van der Waals surface area contributed by atoms with Crippen LogP contribution in [0.25, 0.3) is 0 Å². The normalized spacial score (nSPS) is 18.7. The molecule has 148 valence electrons. The maximum absolute atomic E-state index is 10.5. The quantitative estimate of drug-likeness (QED) is 0.472. The van der Waals surface area contributed by atoms with E-state index in [-0.39, 0.29) is 16.7 Å². The number of epoxide rings is 2. The van der Waals surface area contributed by atoms with Gasteiger partial charge in [0.2, 0.25) is 0 Å². The Balaban J connectivity index is 0.000000215. The number of carboxylic acid groups (broad SMARTS) is 3. The molecule has 2 saturated heterocycles. The van der Waals surface area contributed by atoms with Crippen molar-refractivity contribution in [3.8, 4) is 0 Å². The molecule has 1 aromatic carbocycles. The summed E-state index contributed by atoms with van der Waals surface area (Å²) in [5.74, 6) is -3.39. The first-order valence-corrected chi connectivity index (χ1v) is 7.97. The fourth-order valence-corrected chi connectivity index (χ4v) is 1.52. The van der Waals surface area contributed by atoms with Gasteiger partial charge in [0, 0.05) is 5.57 Å². The topological polar surface area (TPSA) is 146 Å². The van der Waals surface area contributed by atoms with Crippen LogP contribution in [-0.4, -0.2) is 71.9 Å². The van der Waals surface area contributed by atoms with Crippen molar-refractivity contribution in [1.82, 2.24) is 0 Å². The standard InChI is InChI=1S/C8H6O4.C6H10O3.C4H6O2/c9-7(10)5-3-1-2-4-6(5)8(11)12;1(5-3-8-5)7-2-6-4-9-6;1-3(2)4(5)6/h1-4H,(H,9,10)(H,11,12);5-6H,1-4H2;1H2,2H3,(H,5,6). The van der Waals surface area contributed by atoms with Crippen LogP contribution < -0.4 is 0 Å². The summed E-state index contributed by atoms with van der Waals surface area (Å²) in [5, 5.41) is 25.0. The zero-order chi connectivity index (χ0) is 20.4. The lowest BCUT2D eigenvalue weighted by atomic mass is 10.1. The second-order valence-electron chi connectivity index (χ2n) is 5.69. The molecule has 0 spiro atoms. The Labute approximate surface area is 155 Å². The number of ether oxygens (including phenoxy) is 3. The van der Waals surface area contributed by atoms with Crippen LogP contribution in [0.15, 0.2) is 36.4 Å². The Kier molecular flexibility index (Phi) is 9.14. The first kappa shape index (κ1) is 22.3. The van der Waals surface area contributed by atoms with Crippen molar-refractivity contribution in [2.24, 2.45) is 0 Å². The predicted molar refractivity (Wildman–Crippen MR) is 93.1 cm³/mol. The van der Waals surface area contributed by atoms with Crippen LogP contribution in [0.1, 0.15) is 27.6 Å². The fraction of sp³-hybridized carbons (Fsp3) is 0.389. The average molecular weight is 382 g/mol. The number of benzene rings is 1. The largest absolute Gasteiger partial charge is 0.478 e. The van der Waals surface area contributed by atoms with E-state index in [1.165, 1.54) is 31.2 Å². The van der Waals surface area contributed by atoms with Gasteiger partial charge >= 0.3 is 17.9 Å². The SMILES string of the molecule is C(OCC1CO1)C1CO1.C=C(C)C(=O)O.O=C(O)c1ccccc1C(=O)O. The van der Waals surface area contributed by atoms with Crippen molar-refractivity contribution in [2.45, 2.75) is 19.1 Å². The maximum atomic E-state index is 10.5. The zero-order valence-electron chi connectivity index (χ0n) is 14.8. The summed E-state index contributed by atoms with van der Waals surface area (Å²) >= 11 is 0. The fourth-order valence-electron chi connectivity index (χ4n) is 1.52. The summed E-state index contributed by atoms with van der Waals surface area (Å²) in [5.41, 5.74) is -0.204. The molecule has 2 unspecified atom stereocenters. The minimum atomic E-state index is -1.23. The highest BCUT2D eigenvalue weighted by Gasteiger charge is 2.26. The van der Waals surface area contributed by atoms with Gasteiger partial charge < -0.3 is 29.5 Å². The van der Waals surface area contributed by atoms with Gasteiger partial charge in [0.1, 0.15) is 12.2 Å². The van der Waals surface area contributed by atoms with Crippen LogP contribution in [0.2, 0.25) is 0 Å². The first-order valence-electron chi connectivity index (χ1n) is 7.97. The van der Waals surface area contributed by atoms with Crippen LogP contribution >= 0.6 is 0 Å². The number of aliphatic carboxylic acids is 1. The molecule has 2 fully saturated rings. The molecule has 0 radical (unpaired) electrons. The van der Waals surface area contributed by atoms with Crippen LogP contribution in [-0.2, 0) is 19.0 Å². The summed E-state index contributed by atoms with van der Waals surface area (Å²) in [6, 6.07) is 5.48. The lowest BCUT2D eigenvalue weighted by Gasteiger charge is -1.98. The smallest absolute Gasteiger partial charge is 0.336 e. The molecule has 2 heterocycles. The molecule has 0 aromatic heterocycles. The van der Waals surface area contributed by atoms with Gasteiger partial charge in [0.25, 0.3) is 0 Å². The molecule has 27 heavy (non-hydrogen) atoms. The summed E-state index contributed by atoms with van der Waals surface area (Å²) < 4.78 is 15.1. The highest BCUT2D eigenvalue weighted by molar-refractivity contribution is 6.01. The lowest BCUT2D eigenvalue weighted by Crippen LogP contribution is -2.06. The number of rotatable bonds is 7. The van der Waals surface area contributed by atoms with Gasteiger partial charge in [-0.2, -0.15) is 0 Å². The van der Waals surface area contributed by atoms with Crippen LogP contribution in [0.5, 0.6) is 0 Å². The number of hydrogen-bond donors (Lipinski definition) is 3. The molecule has 0 aliphatic carbocycles. The Morgan fingerprint density at radius 1 is 1.00 bits per heavy atom. The molecule has 3 N–H and O–H groups in total. The van der Waals surface area contributed by atoms with Gasteiger partial charge in [0.05, 0.1) is 37.6 Å². The first-order chi connectivity index (χ1) is 12.7. The Morgan fingerprint density at radius 3 is 1.56 bits per heavy atom. The molecule has 3 rings (SSSR count). The van der Waals surface area contributed by atoms with Crippen molar-refractivity contribution in [3.05, 3.63) is 47.5 Å².